The third kappa shape index (κ3) is 4.71. The van der Waals surface area contributed by atoms with Crippen molar-refractivity contribution in [2.75, 3.05) is 18.0 Å². The minimum atomic E-state index is -0.180. The predicted molar refractivity (Wildman–Crippen MR) is 107 cm³/mol. The van der Waals surface area contributed by atoms with Crippen molar-refractivity contribution in [3.8, 4) is 6.07 Å². The van der Waals surface area contributed by atoms with Crippen molar-refractivity contribution in [2.45, 2.75) is 25.8 Å². The highest BCUT2D eigenvalue weighted by molar-refractivity contribution is 6.35. The summed E-state index contributed by atoms with van der Waals surface area (Å²) in [5.41, 5.74) is 1.40. The molecule has 1 aromatic heterocycles. The summed E-state index contributed by atoms with van der Waals surface area (Å²) in [6.45, 7) is 3.43. The van der Waals surface area contributed by atoms with E-state index in [9.17, 15) is 4.79 Å². The van der Waals surface area contributed by atoms with Crippen molar-refractivity contribution >= 4 is 34.9 Å². The second kappa shape index (κ2) is 8.60. The van der Waals surface area contributed by atoms with Gasteiger partial charge in [0.1, 0.15) is 11.9 Å². The lowest BCUT2D eigenvalue weighted by Crippen LogP contribution is -2.41. The van der Waals surface area contributed by atoms with Crippen LogP contribution in [0.5, 0.6) is 0 Å². The second-order valence-corrected chi connectivity index (χ2v) is 7.52. The molecule has 1 aliphatic rings. The summed E-state index contributed by atoms with van der Waals surface area (Å²) in [5.74, 6) is 0.850. The fourth-order valence-corrected chi connectivity index (χ4v) is 3.84. The fraction of sp³-hybridized carbons (Fsp3) is 0.350. The number of halogens is 2. The maximum absolute atomic E-state index is 12.6. The number of carbonyl (C=O) groups is 1. The Morgan fingerprint density at radius 2 is 2.04 bits per heavy atom. The van der Waals surface area contributed by atoms with Gasteiger partial charge in [0.2, 0.25) is 5.91 Å². The Kier molecular flexibility index (Phi) is 6.20. The lowest BCUT2D eigenvalue weighted by atomic mass is 9.95. The number of aromatic nitrogens is 1. The molecule has 1 N–H and O–H groups in total. The summed E-state index contributed by atoms with van der Waals surface area (Å²) in [5, 5.41) is 13.0. The topological polar surface area (TPSA) is 69.0 Å². The van der Waals surface area contributed by atoms with Gasteiger partial charge in [-0.25, -0.2) is 4.98 Å². The van der Waals surface area contributed by atoms with E-state index in [1.54, 1.807) is 24.4 Å². The molecule has 0 bridgehead atoms. The summed E-state index contributed by atoms with van der Waals surface area (Å²) < 4.78 is 0. The molecule has 3 rings (SSSR count). The number of hydrogen-bond donors (Lipinski definition) is 1. The number of carbonyl (C=O) groups excluding carboxylic acids is 1. The zero-order chi connectivity index (χ0) is 19.4. The Labute approximate surface area is 168 Å². The van der Waals surface area contributed by atoms with E-state index in [4.69, 9.17) is 28.5 Å². The van der Waals surface area contributed by atoms with Gasteiger partial charge in [0, 0.05) is 35.2 Å². The summed E-state index contributed by atoms with van der Waals surface area (Å²) in [7, 11) is 0. The number of piperidine rings is 1. The molecule has 2 heterocycles. The molecule has 0 spiro atoms. The fourth-order valence-electron chi connectivity index (χ4n) is 3.27. The molecule has 1 saturated heterocycles. The maximum Gasteiger partial charge on any atom is 0.223 e. The van der Waals surface area contributed by atoms with Crippen molar-refractivity contribution in [2.24, 2.45) is 5.92 Å². The summed E-state index contributed by atoms with van der Waals surface area (Å²) in [4.78, 5) is 19.1. The second-order valence-electron chi connectivity index (χ2n) is 6.67. The molecule has 5 nitrogen and oxygen atoms in total. The molecule has 27 heavy (non-hydrogen) atoms. The molecule has 1 amide bonds. The van der Waals surface area contributed by atoms with Gasteiger partial charge in [-0.1, -0.05) is 29.3 Å². The molecule has 0 saturated carbocycles. The Hall–Kier alpha value is -2.29. The third-order valence-corrected chi connectivity index (χ3v) is 5.42. The SMILES string of the molecule is CC(NC(=O)C1CCN(c2ccc(C#N)cn2)CC1)c1ccc(Cl)cc1Cl. The Morgan fingerprint density at radius 1 is 1.30 bits per heavy atom. The van der Waals surface area contributed by atoms with Gasteiger partial charge in [-0.05, 0) is 49.6 Å². The Morgan fingerprint density at radius 3 is 2.63 bits per heavy atom. The molecule has 1 atom stereocenters. The van der Waals surface area contributed by atoms with Crippen LogP contribution in [0.15, 0.2) is 36.5 Å². The normalized spacial score (nSPS) is 15.9. The van der Waals surface area contributed by atoms with Crippen molar-refractivity contribution in [3.05, 3.63) is 57.7 Å². The Balaban J connectivity index is 1.55. The molecule has 1 fully saturated rings. The van der Waals surface area contributed by atoms with Gasteiger partial charge in [0.15, 0.2) is 0 Å². The van der Waals surface area contributed by atoms with Crippen molar-refractivity contribution < 1.29 is 4.79 Å². The lowest BCUT2D eigenvalue weighted by molar-refractivity contribution is -0.126. The molecule has 140 valence electrons. The first-order valence-electron chi connectivity index (χ1n) is 8.84. The number of nitrogens with zero attached hydrogens (tertiary/aromatic N) is 3. The van der Waals surface area contributed by atoms with Crippen LogP contribution in [-0.2, 0) is 4.79 Å². The maximum atomic E-state index is 12.6. The number of anilines is 1. The highest BCUT2D eigenvalue weighted by Gasteiger charge is 2.27. The number of nitriles is 1. The van der Waals surface area contributed by atoms with Gasteiger partial charge in [-0.3, -0.25) is 4.79 Å². The van der Waals surface area contributed by atoms with Crippen LogP contribution in [0, 0.1) is 17.2 Å². The number of rotatable bonds is 4. The largest absolute Gasteiger partial charge is 0.357 e. The van der Waals surface area contributed by atoms with E-state index >= 15 is 0 Å². The number of nitrogens with one attached hydrogen (secondary N) is 1. The van der Waals surface area contributed by atoms with E-state index in [-0.39, 0.29) is 17.9 Å². The monoisotopic (exact) mass is 402 g/mol. The van der Waals surface area contributed by atoms with Crippen LogP contribution in [0.25, 0.3) is 0 Å². The van der Waals surface area contributed by atoms with E-state index < -0.39 is 0 Å². The van der Waals surface area contributed by atoms with Gasteiger partial charge in [0.25, 0.3) is 0 Å². The van der Waals surface area contributed by atoms with E-state index in [1.165, 1.54) is 0 Å². The molecular formula is C20H20Cl2N4O. The van der Waals surface area contributed by atoms with Crippen LogP contribution in [0.4, 0.5) is 5.82 Å². The van der Waals surface area contributed by atoms with E-state index in [0.29, 0.717) is 15.6 Å². The number of amides is 1. The molecule has 1 aliphatic heterocycles. The first kappa shape index (κ1) is 19.5. The average Bonchev–Trinajstić information content (AvgIpc) is 2.68. The van der Waals surface area contributed by atoms with E-state index in [2.05, 4.69) is 21.3 Å². The summed E-state index contributed by atoms with van der Waals surface area (Å²) in [6, 6.07) is 10.8. The van der Waals surface area contributed by atoms with Crippen LogP contribution >= 0.6 is 23.2 Å². The third-order valence-electron chi connectivity index (χ3n) is 4.85. The molecule has 2 aromatic rings. The molecule has 7 heteroatoms. The lowest BCUT2D eigenvalue weighted by Gasteiger charge is -2.32. The first-order valence-corrected chi connectivity index (χ1v) is 9.60. The van der Waals surface area contributed by atoms with Gasteiger partial charge < -0.3 is 10.2 Å². The van der Waals surface area contributed by atoms with E-state index in [0.717, 1.165) is 37.3 Å². The van der Waals surface area contributed by atoms with Crippen LogP contribution in [0.2, 0.25) is 10.0 Å². The van der Waals surface area contributed by atoms with Crippen molar-refractivity contribution in [1.29, 1.82) is 5.26 Å². The summed E-state index contributed by atoms with van der Waals surface area (Å²) >= 11 is 12.2. The highest BCUT2D eigenvalue weighted by Crippen LogP contribution is 2.27. The highest BCUT2D eigenvalue weighted by atomic mass is 35.5. The van der Waals surface area contributed by atoms with Gasteiger partial charge in [0.05, 0.1) is 11.6 Å². The zero-order valence-corrected chi connectivity index (χ0v) is 16.5. The van der Waals surface area contributed by atoms with Crippen LogP contribution in [-0.4, -0.2) is 24.0 Å². The van der Waals surface area contributed by atoms with E-state index in [1.807, 2.05) is 19.1 Å². The minimum absolute atomic E-state index is 0.0341. The van der Waals surface area contributed by atoms with Gasteiger partial charge in [-0.2, -0.15) is 5.26 Å². The smallest absolute Gasteiger partial charge is 0.223 e. The zero-order valence-electron chi connectivity index (χ0n) is 15.0. The minimum Gasteiger partial charge on any atom is -0.357 e. The number of pyridine rings is 1. The molecule has 1 aromatic carbocycles. The Bertz CT molecular complexity index is 855. The van der Waals surface area contributed by atoms with Crippen molar-refractivity contribution in [1.82, 2.24) is 10.3 Å². The predicted octanol–water partition coefficient (Wildman–Crippen LogP) is 4.35. The number of benzene rings is 1. The molecule has 0 aliphatic carbocycles. The van der Waals surface area contributed by atoms with Gasteiger partial charge >= 0.3 is 0 Å². The molecule has 1 unspecified atom stereocenters. The molecule has 0 radical (unpaired) electrons. The summed E-state index contributed by atoms with van der Waals surface area (Å²) in [6.07, 6.45) is 3.09. The quantitative estimate of drug-likeness (QED) is 0.824. The van der Waals surface area contributed by atoms with Crippen LogP contribution < -0.4 is 10.2 Å². The average molecular weight is 403 g/mol. The molecular weight excluding hydrogens is 383 g/mol. The van der Waals surface area contributed by atoms with Crippen LogP contribution in [0.1, 0.15) is 36.9 Å². The number of hydrogen-bond acceptors (Lipinski definition) is 4. The standard InChI is InChI=1S/C20H20Cl2N4O/c1-13(17-4-3-16(21)10-18(17)22)25-20(27)15-6-8-26(9-7-15)19-5-2-14(11-23)12-24-19/h2-5,10,12-13,15H,6-9H2,1H3,(H,25,27). The van der Waals surface area contributed by atoms with Crippen LogP contribution in [0.3, 0.4) is 0 Å². The first-order chi connectivity index (χ1) is 13.0. The van der Waals surface area contributed by atoms with Gasteiger partial charge in [-0.15, -0.1) is 0 Å². The van der Waals surface area contributed by atoms with Crippen molar-refractivity contribution in [3.63, 3.8) is 0 Å².